The summed E-state index contributed by atoms with van der Waals surface area (Å²) in [6.07, 6.45) is 0. The van der Waals surface area contributed by atoms with Crippen molar-refractivity contribution in [2.24, 2.45) is 5.92 Å². The highest BCUT2D eigenvalue weighted by Crippen LogP contribution is 2.18. The maximum Gasteiger partial charge on any atom is 0.307 e. The Kier molecular flexibility index (Phi) is 3.51. The molecule has 0 aliphatic rings. The number of aliphatic carboxylic acids is 1. The molecule has 0 amide bonds. The van der Waals surface area contributed by atoms with Crippen molar-refractivity contribution in [2.75, 3.05) is 0 Å². The molecule has 2 unspecified atom stereocenters. The van der Waals surface area contributed by atoms with Gasteiger partial charge in [-0.05, 0) is 0 Å². The van der Waals surface area contributed by atoms with E-state index in [0.717, 1.165) is 0 Å². The minimum absolute atomic E-state index is 0.0764. The quantitative estimate of drug-likeness (QED) is 0.593. The van der Waals surface area contributed by atoms with Gasteiger partial charge in [0.25, 0.3) is 0 Å². The predicted molar refractivity (Wildman–Crippen MR) is 40.0 cm³/mol. The summed E-state index contributed by atoms with van der Waals surface area (Å²) in [5, 5.41) is 8.40. The van der Waals surface area contributed by atoms with Crippen molar-refractivity contribution >= 4 is 24.4 Å². The van der Waals surface area contributed by atoms with Gasteiger partial charge >= 0.3 is 5.97 Å². The number of carbonyl (C=O) groups is 1. The van der Waals surface area contributed by atoms with Gasteiger partial charge in [-0.3, -0.25) is 4.79 Å². The topological polar surface area (TPSA) is 37.3 Å². The Morgan fingerprint density at radius 1 is 1.62 bits per heavy atom. The first-order valence-electron chi connectivity index (χ1n) is 2.29. The van der Waals surface area contributed by atoms with Crippen LogP contribution in [0.2, 0.25) is 0 Å². The molecule has 0 aromatic heterocycles. The Balaban J connectivity index is 3.64. The summed E-state index contributed by atoms with van der Waals surface area (Å²) in [5.41, 5.74) is 0. The van der Waals surface area contributed by atoms with Crippen LogP contribution in [0.15, 0.2) is 0 Å². The summed E-state index contributed by atoms with van der Waals surface area (Å²) in [5.74, 6) is -1.04. The van der Waals surface area contributed by atoms with E-state index >= 15 is 0 Å². The molecule has 1 N–H and O–H groups in total. The van der Waals surface area contributed by atoms with Crippen LogP contribution in [0.3, 0.4) is 0 Å². The summed E-state index contributed by atoms with van der Waals surface area (Å²) in [6.45, 7) is 1.67. The van der Waals surface area contributed by atoms with Crippen LogP contribution in [0.5, 0.6) is 0 Å². The number of carboxylic acids is 1. The van der Waals surface area contributed by atoms with Crippen molar-refractivity contribution in [2.45, 2.75) is 12.3 Å². The van der Waals surface area contributed by atoms with Crippen LogP contribution >= 0.6 is 18.5 Å². The molecular weight excluding hydrogens is 142 g/mol. The normalized spacial score (nSPS) is 14.0. The molecule has 2 nitrogen and oxygen atoms in total. The average Bonchev–Trinajstić information content (AvgIpc) is 1.64. The van der Waals surface area contributed by atoms with Crippen LogP contribution in [0.1, 0.15) is 6.92 Å². The Morgan fingerprint density at radius 3 is 2.00 bits per heavy atom. The summed E-state index contributed by atoms with van der Waals surface area (Å²) in [6, 6.07) is 0. The smallest absolute Gasteiger partial charge is 0.307 e. The van der Waals surface area contributed by atoms with E-state index in [1.54, 1.807) is 6.92 Å². The third-order valence-electron chi connectivity index (χ3n) is 0.967. The minimum Gasteiger partial charge on any atom is -0.481 e. The van der Waals surface area contributed by atoms with Crippen molar-refractivity contribution in [1.29, 1.82) is 0 Å². The highest BCUT2D eigenvalue weighted by Gasteiger charge is 2.14. The summed E-state index contributed by atoms with van der Waals surface area (Å²) in [4.78, 5) is 10.1. The first-order valence-corrected chi connectivity index (χ1v) is 3.63. The number of hydrogen-bond acceptors (Lipinski definition) is 1. The van der Waals surface area contributed by atoms with Gasteiger partial charge in [-0.1, -0.05) is 6.92 Å². The number of rotatable bonds is 2. The summed E-state index contributed by atoms with van der Waals surface area (Å²) < 4.78 is 0. The Labute approximate surface area is 53.4 Å². The summed E-state index contributed by atoms with van der Waals surface area (Å²) in [7, 11) is 4.85. The average molecular weight is 152 g/mol. The second-order valence-electron chi connectivity index (χ2n) is 1.70. The van der Waals surface area contributed by atoms with Crippen molar-refractivity contribution in [1.82, 2.24) is 0 Å². The molecule has 0 saturated carbocycles. The lowest BCUT2D eigenvalue weighted by atomic mass is 10.2. The SMILES string of the molecule is C[C@@H](C(=O)O)C(P)P. The van der Waals surface area contributed by atoms with Gasteiger partial charge in [-0.15, -0.1) is 18.5 Å². The molecule has 0 aromatic carbocycles. The highest BCUT2D eigenvalue weighted by molar-refractivity contribution is 7.37. The summed E-state index contributed by atoms with van der Waals surface area (Å²) >= 11 is 0. The van der Waals surface area contributed by atoms with E-state index in [1.165, 1.54) is 0 Å². The van der Waals surface area contributed by atoms with Gasteiger partial charge in [0.15, 0.2) is 0 Å². The van der Waals surface area contributed by atoms with Gasteiger partial charge in [-0.25, -0.2) is 0 Å². The fourth-order valence-corrected chi connectivity index (χ4v) is 0.494. The molecule has 0 fully saturated rings. The van der Waals surface area contributed by atoms with Crippen LogP contribution in [0.4, 0.5) is 0 Å². The van der Waals surface area contributed by atoms with E-state index in [1.807, 2.05) is 0 Å². The van der Waals surface area contributed by atoms with Crippen molar-refractivity contribution < 1.29 is 9.90 Å². The van der Waals surface area contributed by atoms with E-state index in [-0.39, 0.29) is 11.3 Å². The molecule has 0 aliphatic carbocycles. The first-order chi connectivity index (χ1) is 3.55. The van der Waals surface area contributed by atoms with Gasteiger partial charge in [0.05, 0.1) is 5.92 Å². The molecular formula is C4H10O2P2. The van der Waals surface area contributed by atoms with Crippen LogP contribution in [0, 0.1) is 5.92 Å². The molecule has 0 spiro atoms. The molecule has 48 valence electrons. The monoisotopic (exact) mass is 152 g/mol. The van der Waals surface area contributed by atoms with E-state index < -0.39 is 5.97 Å². The Bertz CT molecular complexity index is 92.0. The maximum absolute atomic E-state index is 10.1. The van der Waals surface area contributed by atoms with Gasteiger partial charge in [0.1, 0.15) is 0 Å². The zero-order chi connectivity index (χ0) is 6.73. The standard InChI is InChI=1S/C4H10O2P2/c1-2(3(5)6)4(7)8/h2,4H,7-8H2,1H3,(H,5,6)/t2-/m0/s1. The molecule has 8 heavy (non-hydrogen) atoms. The van der Waals surface area contributed by atoms with Gasteiger partial charge in [0, 0.05) is 5.40 Å². The second-order valence-corrected chi connectivity index (χ2v) is 4.01. The second kappa shape index (κ2) is 3.37. The number of carboxylic acid groups (broad SMARTS) is 1. The molecule has 0 aliphatic heterocycles. The van der Waals surface area contributed by atoms with Gasteiger partial charge in [0.2, 0.25) is 0 Å². The lowest BCUT2D eigenvalue weighted by molar-refractivity contribution is -0.140. The molecule has 3 atom stereocenters. The molecule has 0 bridgehead atoms. The Morgan fingerprint density at radius 2 is 2.00 bits per heavy atom. The van der Waals surface area contributed by atoms with Gasteiger partial charge < -0.3 is 5.11 Å². The molecule has 4 heteroatoms. The highest BCUT2D eigenvalue weighted by atomic mass is 31.1. The van der Waals surface area contributed by atoms with Crippen LogP contribution in [0.25, 0.3) is 0 Å². The fourth-order valence-electron chi connectivity index (χ4n) is 0.165. The fraction of sp³-hybridized carbons (Fsp3) is 0.750. The lowest BCUT2D eigenvalue weighted by Crippen LogP contribution is -2.15. The largest absolute Gasteiger partial charge is 0.481 e. The van der Waals surface area contributed by atoms with Crippen LogP contribution in [-0.2, 0) is 4.79 Å². The zero-order valence-corrected chi connectivity index (χ0v) is 6.97. The first kappa shape index (κ1) is 8.33. The van der Waals surface area contributed by atoms with Crippen molar-refractivity contribution in [3.63, 3.8) is 0 Å². The van der Waals surface area contributed by atoms with E-state index in [9.17, 15) is 4.79 Å². The zero-order valence-electron chi connectivity index (χ0n) is 4.66. The third-order valence-corrected chi connectivity index (χ3v) is 2.12. The number of hydrogen-bond donors (Lipinski definition) is 1. The van der Waals surface area contributed by atoms with Gasteiger partial charge in [-0.2, -0.15) is 0 Å². The predicted octanol–water partition coefficient (Wildman–Crippen LogP) is 0.783. The van der Waals surface area contributed by atoms with E-state index in [0.29, 0.717) is 0 Å². The third kappa shape index (κ3) is 2.59. The molecule has 0 saturated heterocycles. The Hall–Kier alpha value is 0.330. The van der Waals surface area contributed by atoms with Crippen molar-refractivity contribution in [3.8, 4) is 0 Å². The lowest BCUT2D eigenvalue weighted by Gasteiger charge is -2.07. The maximum atomic E-state index is 10.1. The minimum atomic E-state index is -0.750. The van der Waals surface area contributed by atoms with Crippen LogP contribution < -0.4 is 0 Å². The molecule has 0 rings (SSSR count). The molecule has 0 heterocycles. The molecule has 0 radical (unpaired) electrons. The van der Waals surface area contributed by atoms with E-state index in [4.69, 9.17) is 5.11 Å². The van der Waals surface area contributed by atoms with Crippen molar-refractivity contribution in [3.05, 3.63) is 0 Å². The van der Waals surface area contributed by atoms with E-state index in [2.05, 4.69) is 18.5 Å². The van der Waals surface area contributed by atoms with Crippen LogP contribution in [-0.4, -0.2) is 16.5 Å². The molecule has 0 aromatic rings.